The van der Waals surface area contributed by atoms with Crippen molar-refractivity contribution in [1.29, 1.82) is 0 Å². The maximum atomic E-state index is 13.8. The molecule has 3 aromatic rings. The maximum absolute atomic E-state index is 13.8. The van der Waals surface area contributed by atoms with E-state index in [4.69, 9.17) is 13.6 Å². The van der Waals surface area contributed by atoms with E-state index in [1.165, 1.54) is 0 Å². The van der Waals surface area contributed by atoms with Crippen LogP contribution in [0.25, 0.3) is 0 Å². The smallest absolute Gasteiger partial charge is 0.386 e. The van der Waals surface area contributed by atoms with Crippen LogP contribution >= 0.6 is 7.82 Å². The van der Waals surface area contributed by atoms with Crippen molar-refractivity contribution in [3.05, 3.63) is 88.0 Å². The van der Waals surface area contributed by atoms with Gasteiger partial charge in [0.05, 0.1) is 0 Å². The van der Waals surface area contributed by atoms with Gasteiger partial charge in [0.25, 0.3) is 0 Å². The summed E-state index contributed by atoms with van der Waals surface area (Å²) in [4.78, 5) is 0. The summed E-state index contributed by atoms with van der Waals surface area (Å²) in [6.07, 6.45) is 0. The van der Waals surface area contributed by atoms with Crippen molar-refractivity contribution in [1.82, 2.24) is 0 Å². The molecule has 0 saturated carbocycles. The average Bonchev–Trinajstić information content (AvgIpc) is 2.63. The second-order valence-electron chi connectivity index (χ2n) is 7.53. The zero-order chi connectivity index (χ0) is 21.2. The molecular formula is C24H27O4P. The van der Waals surface area contributed by atoms with E-state index in [0.29, 0.717) is 17.2 Å². The second-order valence-corrected chi connectivity index (χ2v) is 8.97. The van der Waals surface area contributed by atoms with Crippen molar-refractivity contribution in [3.8, 4) is 17.2 Å². The Morgan fingerprint density at radius 2 is 0.793 bits per heavy atom. The predicted molar refractivity (Wildman–Crippen MR) is 117 cm³/mol. The molecule has 0 aliphatic heterocycles. The average molecular weight is 410 g/mol. The van der Waals surface area contributed by atoms with Crippen LogP contribution in [-0.2, 0) is 4.57 Å². The van der Waals surface area contributed by atoms with Crippen LogP contribution in [0.3, 0.4) is 0 Å². The van der Waals surface area contributed by atoms with Crippen LogP contribution in [0.1, 0.15) is 33.4 Å². The molecule has 5 heteroatoms. The molecule has 0 aromatic heterocycles. The van der Waals surface area contributed by atoms with Crippen LogP contribution in [0.4, 0.5) is 0 Å². The molecule has 0 heterocycles. The molecule has 0 spiro atoms. The summed E-state index contributed by atoms with van der Waals surface area (Å²) in [7, 11) is -4.01. The van der Waals surface area contributed by atoms with Gasteiger partial charge in [0.2, 0.25) is 0 Å². The van der Waals surface area contributed by atoms with Crippen LogP contribution in [0.5, 0.6) is 17.2 Å². The first kappa shape index (κ1) is 21.0. The third-order valence-electron chi connectivity index (χ3n) is 4.62. The zero-order valence-corrected chi connectivity index (χ0v) is 18.7. The van der Waals surface area contributed by atoms with E-state index in [1.54, 1.807) is 18.2 Å². The molecule has 4 nitrogen and oxygen atoms in total. The Bertz CT molecular complexity index is 952. The number of aryl methyl sites for hydroxylation is 6. The molecule has 0 aliphatic carbocycles. The molecule has 0 bridgehead atoms. The summed E-state index contributed by atoms with van der Waals surface area (Å²) in [6.45, 7) is 11.7. The Morgan fingerprint density at radius 1 is 0.517 bits per heavy atom. The lowest BCUT2D eigenvalue weighted by atomic mass is 10.1. The van der Waals surface area contributed by atoms with Gasteiger partial charge in [0.1, 0.15) is 17.2 Å². The lowest BCUT2D eigenvalue weighted by Gasteiger charge is -2.22. The number of phosphoric ester groups is 1. The molecule has 0 fully saturated rings. The minimum Gasteiger partial charge on any atom is -0.386 e. The molecule has 0 amide bonds. The predicted octanol–water partition coefficient (Wildman–Crippen LogP) is 7.18. The Morgan fingerprint density at radius 3 is 1.03 bits per heavy atom. The lowest BCUT2D eigenvalue weighted by molar-refractivity contribution is 0.296. The monoisotopic (exact) mass is 410 g/mol. The SMILES string of the molecule is Cc1ccc(OP(=O)(Oc2ccc(C)cc2C)Oc2ccc(C)cc2C)c(C)c1. The minimum absolute atomic E-state index is 0.466. The van der Waals surface area contributed by atoms with Crippen LogP contribution in [0.2, 0.25) is 0 Å². The van der Waals surface area contributed by atoms with Gasteiger partial charge in [-0.05, 0) is 76.4 Å². The van der Waals surface area contributed by atoms with E-state index < -0.39 is 7.82 Å². The van der Waals surface area contributed by atoms with Crippen LogP contribution in [-0.4, -0.2) is 0 Å². The summed E-state index contributed by atoms with van der Waals surface area (Å²) >= 11 is 0. The third kappa shape index (κ3) is 5.21. The molecule has 3 aromatic carbocycles. The number of rotatable bonds is 6. The molecule has 3 rings (SSSR count). The van der Waals surface area contributed by atoms with Gasteiger partial charge in [-0.3, -0.25) is 0 Å². The Kier molecular flexibility index (Phi) is 6.04. The van der Waals surface area contributed by atoms with E-state index in [0.717, 1.165) is 33.4 Å². The fourth-order valence-electron chi connectivity index (χ4n) is 3.12. The van der Waals surface area contributed by atoms with E-state index in [-0.39, 0.29) is 0 Å². The molecule has 0 aliphatic rings. The van der Waals surface area contributed by atoms with Crippen molar-refractivity contribution in [3.63, 3.8) is 0 Å². The van der Waals surface area contributed by atoms with Crippen molar-refractivity contribution in [2.75, 3.05) is 0 Å². The Labute approximate surface area is 173 Å². The highest BCUT2D eigenvalue weighted by atomic mass is 31.2. The van der Waals surface area contributed by atoms with Gasteiger partial charge in [-0.1, -0.05) is 53.1 Å². The molecule has 0 saturated heterocycles. The molecule has 29 heavy (non-hydrogen) atoms. The number of benzene rings is 3. The van der Waals surface area contributed by atoms with E-state index in [9.17, 15) is 4.57 Å². The lowest BCUT2D eigenvalue weighted by Crippen LogP contribution is -2.09. The molecule has 0 unspecified atom stereocenters. The quantitative estimate of drug-likeness (QED) is 0.404. The van der Waals surface area contributed by atoms with Gasteiger partial charge >= 0.3 is 7.82 Å². The second kappa shape index (κ2) is 8.34. The Hall–Kier alpha value is -2.71. The van der Waals surface area contributed by atoms with Gasteiger partial charge in [0.15, 0.2) is 0 Å². The van der Waals surface area contributed by atoms with Crippen molar-refractivity contribution in [2.24, 2.45) is 0 Å². The summed E-state index contributed by atoms with van der Waals surface area (Å²) in [5.74, 6) is 1.40. The van der Waals surface area contributed by atoms with Gasteiger partial charge in [-0.25, -0.2) is 0 Å². The molecule has 152 valence electrons. The van der Waals surface area contributed by atoms with Gasteiger partial charge in [-0.15, -0.1) is 0 Å². The summed E-state index contributed by atoms with van der Waals surface area (Å²) in [6, 6.07) is 17.0. The van der Waals surface area contributed by atoms with Crippen molar-refractivity contribution in [2.45, 2.75) is 41.5 Å². The van der Waals surface area contributed by atoms with E-state index in [2.05, 4.69) is 0 Å². The van der Waals surface area contributed by atoms with Crippen LogP contribution < -0.4 is 13.6 Å². The van der Waals surface area contributed by atoms with E-state index in [1.807, 2.05) is 77.9 Å². The first-order chi connectivity index (χ1) is 13.6. The van der Waals surface area contributed by atoms with Gasteiger partial charge in [-0.2, -0.15) is 4.57 Å². The molecule has 0 atom stereocenters. The van der Waals surface area contributed by atoms with Crippen LogP contribution in [0.15, 0.2) is 54.6 Å². The number of hydrogen-bond acceptors (Lipinski definition) is 4. The fourth-order valence-corrected chi connectivity index (χ4v) is 4.57. The fraction of sp³-hybridized carbons (Fsp3) is 0.250. The normalized spacial score (nSPS) is 11.2. The first-order valence-corrected chi connectivity index (χ1v) is 11.0. The minimum atomic E-state index is -4.01. The summed E-state index contributed by atoms with van der Waals surface area (Å²) < 4.78 is 31.4. The maximum Gasteiger partial charge on any atom is 0.647 e. The number of hydrogen-bond donors (Lipinski definition) is 0. The standard InChI is InChI=1S/C24H27O4P/c1-16-7-10-22(19(4)13-16)26-29(25,27-23-11-8-17(2)14-20(23)5)28-24-12-9-18(3)15-21(24)6/h7-15H,1-6H3. The number of phosphoric acid groups is 1. The summed E-state index contributed by atoms with van der Waals surface area (Å²) in [5.41, 5.74) is 5.86. The largest absolute Gasteiger partial charge is 0.647 e. The topological polar surface area (TPSA) is 44.8 Å². The molecular weight excluding hydrogens is 383 g/mol. The van der Waals surface area contributed by atoms with E-state index >= 15 is 0 Å². The summed E-state index contributed by atoms with van der Waals surface area (Å²) in [5, 5.41) is 0. The van der Waals surface area contributed by atoms with Gasteiger partial charge < -0.3 is 13.6 Å². The third-order valence-corrected chi connectivity index (χ3v) is 5.88. The highest BCUT2D eigenvalue weighted by molar-refractivity contribution is 7.49. The van der Waals surface area contributed by atoms with Crippen molar-refractivity contribution >= 4 is 7.82 Å². The Balaban J connectivity index is 2.00. The molecule has 0 N–H and O–H groups in total. The van der Waals surface area contributed by atoms with Crippen molar-refractivity contribution < 1.29 is 18.1 Å². The molecule has 0 radical (unpaired) electrons. The highest BCUT2D eigenvalue weighted by Gasteiger charge is 2.34. The van der Waals surface area contributed by atoms with Gasteiger partial charge in [0, 0.05) is 0 Å². The zero-order valence-electron chi connectivity index (χ0n) is 17.8. The first-order valence-electron chi connectivity index (χ1n) is 9.56. The highest BCUT2D eigenvalue weighted by Crippen LogP contribution is 2.51. The van der Waals surface area contributed by atoms with Crippen LogP contribution in [0, 0.1) is 41.5 Å².